The lowest BCUT2D eigenvalue weighted by molar-refractivity contribution is -0.138. The molecule has 0 bridgehead atoms. The first-order valence-corrected chi connectivity index (χ1v) is 14.1. The maximum Gasteiger partial charge on any atom is 0.247 e. The number of carbonyl (C=O) groups excluding carboxylic acids is 2. The van der Waals surface area contributed by atoms with Gasteiger partial charge in [0.05, 0.1) is 59.5 Å². The van der Waals surface area contributed by atoms with Crippen LogP contribution in [0.1, 0.15) is 29.0 Å². The second-order valence-corrected chi connectivity index (χ2v) is 10.3. The Hall–Kier alpha value is -3.84. The Kier molecular flexibility index (Phi) is 10.9. The van der Waals surface area contributed by atoms with Gasteiger partial charge in [0.25, 0.3) is 0 Å². The number of ether oxygens (including phenoxy) is 5. The van der Waals surface area contributed by atoms with E-state index >= 15 is 0 Å². The van der Waals surface area contributed by atoms with Crippen molar-refractivity contribution in [3.8, 4) is 23.0 Å². The van der Waals surface area contributed by atoms with E-state index in [-0.39, 0.29) is 50.8 Å². The zero-order chi connectivity index (χ0) is 31.1. The maximum atomic E-state index is 13.6. The average Bonchev–Trinajstić information content (AvgIpc) is 3.42. The van der Waals surface area contributed by atoms with Crippen molar-refractivity contribution in [1.82, 2.24) is 10.2 Å². The molecule has 2 aromatic rings. The molecule has 234 valence electrons. The zero-order valence-electron chi connectivity index (χ0n) is 24.9. The third kappa shape index (κ3) is 6.72. The van der Waals surface area contributed by atoms with Gasteiger partial charge in [0, 0.05) is 31.3 Å². The van der Waals surface area contributed by atoms with Gasteiger partial charge in [-0.05, 0) is 54.0 Å². The van der Waals surface area contributed by atoms with Crippen molar-refractivity contribution >= 4 is 11.8 Å². The van der Waals surface area contributed by atoms with Crippen molar-refractivity contribution < 1.29 is 48.6 Å². The minimum absolute atomic E-state index is 0.0145. The lowest BCUT2D eigenvalue weighted by Gasteiger charge is -2.41. The molecule has 0 radical (unpaired) electrons. The first-order chi connectivity index (χ1) is 20.8. The second-order valence-electron chi connectivity index (χ2n) is 10.3. The fourth-order valence-corrected chi connectivity index (χ4v) is 5.71. The number of nitrogens with zero attached hydrogens (tertiary/aromatic N) is 1. The molecule has 4 unspecified atom stereocenters. The summed E-state index contributed by atoms with van der Waals surface area (Å²) in [7, 11) is 6.09. The van der Waals surface area contributed by atoms with Crippen LogP contribution in [-0.2, 0) is 27.4 Å². The van der Waals surface area contributed by atoms with Crippen LogP contribution < -0.4 is 24.3 Å². The third-order valence-electron chi connectivity index (χ3n) is 7.80. The van der Waals surface area contributed by atoms with Crippen molar-refractivity contribution in [3.05, 3.63) is 58.7 Å². The molecule has 1 aliphatic carbocycles. The molecule has 2 amide bonds. The molecule has 0 spiro atoms. The lowest BCUT2D eigenvalue weighted by Crippen LogP contribution is -2.56. The molecule has 4 N–H and O–H groups in total. The second kappa shape index (κ2) is 14.6. The number of hydrogen-bond donors (Lipinski definition) is 4. The molecule has 0 saturated carbocycles. The first kappa shape index (κ1) is 32.1. The van der Waals surface area contributed by atoms with Gasteiger partial charge in [0.2, 0.25) is 11.8 Å². The molecule has 1 aliphatic heterocycles. The van der Waals surface area contributed by atoms with E-state index < -0.39 is 30.1 Å². The average molecular weight is 601 g/mol. The summed E-state index contributed by atoms with van der Waals surface area (Å²) in [4.78, 5) is 28.7. The summed E-state index contributed by atoms with van der Waals surface area (Å²) in [5.41, 5.74) is 2.20. The Morgan fingerprint density at radius 1 is 1.02 bits per heavy atom. The maximum absolute atomic E-state index is 13.6. The van der Waals surface area contributed by atoms with Gasteiger partial charge in [-0.2, -0.15) is 0 Å². The highest BCUT2D eigenvalue weighted by Gasteiger charge is 2.51. The van der Waals surface area contributed by atoms with Crippen molar-refractivity contribution in [2.24, 2.45) is 0 Å². The highest BCUT2D eigenvalue weighted by Crippen LogP contribution is 2.51. The predicted octanol–water partition coefficient (Wildman–Crippen LogP) is 0.935. The first-order valence-electron chi connectivity index (χ1n) is 14.1. The number of benzene rings is 2. The summed E-state index contributed by atoms with van der Waals surface area (Å²) in [6, 6.07) is 7.81. The van der Waals surface area contributed by atoms with E-state index in [1.54, 1.807) is 44.6 Å². The summed E-state index contributed by atoms with van der Waals surface area (Å²) >= 11 is 0. The molecule has 12 nitrogen and oxygen atoms in total. The van der Waals surface area contributed by atoms with E-state index in [2.05, 4.69) is 5.32 Å². The summed E-state index contributed by atoms with van der Waals surface area (Å²) in [6.07, 6.45) is -0.148. The van der Waals surface area contributed by atoms with Crippen molar-refractivity contribution in [1.29, 1.82) is 0 Å². The van der Waals surface area contributed by atoms with Crippen molar-refractivity contribution in [2.45, 2.75) is 43.6 Å². The number of methoxy groups -OCH3 is 4. The molecule has 12 heteroatoms. The Balaban J connectivity index is 1.77. The molecule has 0 fully saturated rings. The van der Waals surface area contributed by atoms with Gasteiger partial charge in [-0.1, -0.05) is 0 Å². The van der Waals surface area contributed by atoms with Crippen molar-refractivity contribution in [3.63, 3.8) is 0 Å². The van der Waals surface area contributed by atoms with E-state index in [4.69, 9.17) is 23.7 Å². The Morgan fingerprint density at radius 3 is 2.44 bits per heavy atom. The van der Waals surface area contributed by atoms with Crippen LogP contribution in [0.2, 0.25) is 0 Å². The summed E-state index contributed by atoms with van der Waals surface area (Å²) < 4.78 is 27.8. The van der Waals surface area contributed by atoms with Crippen LogP contribution in [0.3, 0.4) is 0 Å². The fraction of sp³-hybridized carbons (Fsp3) is 0.484. The van der Waals surface area contributed by atoms with Crippen LogP contribution in [0.4, 0.5) is 0 Å². The normalized spacial score (nSPS) is 20.3. The molecule has 4 rings (SSSR count). The molecule has 0 aromatic heterocycles. The molecule has 4 atom stereocenters. The van der Waals surface area contributed by atoms with Gasteiger partial charge in [-0.25, -0.2) is 0 Å². The molecular weight excluding hydrogens is 560 g/mol. The largest absolute Gasteiger partial charge is 0.497 e. The Labute approximate surface area is 250 Å². The van der Waals surface area contributed by atoms with E-state index in [0.717, 1.165) is 5.56 Å². The topological polar surface area (TPSA) is 156 Å². The zero-order valence-corrected chi connectivity index (χ0v) is 24.9. The van der Waals surface area contributed by atoms with Gasteiger partial charge in [-0.15, -0.1) is 0 Å². The van der Waals surface area contributed by atoms with E-state index in [0.29, 0.717) is 40.5 Å². The summed E-state index contributed by atoms with van der Waals surface area (Å²) in [5, 5.41) is 33.7. The smallest absolute Gasteiger partial charge is 0.247 e. The Bertz CT molecular complexity index is 1330. The van der Waals surface area contributed by atoms with E-state index in [9.17, 15) is 24.9 Å². The SMILES string of the molecule is COCCC(=O)N(CCc1cc(OC)ccc1OC)C1C=C(C(=O)NCCO)C2c3cc(CO)cc(OC)c3OC2C1O. The van der Waals surface area contributed by atoms with Gasteiger partial charge in [0.15, 0.2) is 11.5 Å². The quantitative estimate of drug-likeness (QED) is 0.246. The van der Waals surface area contributed by atoms with Crippen LogP contribution >= 0.6 is 0 Å². The number of fused-ring (bicyclic) bond motifs is 3. The van der Waals surface area contributed by atoms with E-state index in [1.807, 2.05) is 6.07 Å². The van der Waals surface area contributed by atoms with Gasteiger partial charge >= 0.3 is 0 Å². The lowest BCUT2D eigenvalue weighted by atomic mass is 9.77. The molecule has 43 heavy (non-hydrogen) atoms. The number of hydrogen-bond acceptors (Lipinski definition) is 10. The number of aliphatic hydroxyl groups is 3. The molecule has 2 aromatic carbocycles. The van der Waals surface area contributed by atoms with Crippen LogP contribution in [0, 0.1) is 0 Å². The standard InChI is InChI=1S/C31H40N2O10/c1-39-12-8-26(36)33(10-7-19-15-20(40-2)5-6-24(19)41-3)23-16-22(31(38)32-9-11-34)27-21-13-18(17-35)14-25(42-4)29(21)43-30(27)28(23)37/h5-6,13-16,23,27-28,30,34-35,37H,7-12,17H2,1-4H3,(H,32,38). The van der Waals surface area contributed by atoms with E-state index in [1.165, 1.54) is 19.1 Å². The van der Waals surface area contributed by atoms with Crippen LogP contribution in [0.15, 0.2) is 42.0 Å². The van der Waals surface area contributed by atoms with Crippen molar-refractivity contribution in [2.75, 3.05) is 54.7 Å². The summed E-state index contributed by atoms with van der Waals surface area (Å²) in [6.45, 7) is -0.168. The summed E-state index contributed by atoms with van der Waals surface area (Å²) in [5.74, 6) is 0.495. The van der Waals surface area contributed by atoms with Crippen LogP contribution in [0.25, 0.3) is 0 Å². The monoisotopic (exact) mass is 600 g/mol. The minimum atomic E-state index is -1.23. The Morgan fingerprint density at radius 2 is 1.79 bits per heavy atom. The number of carbonyl (C=O) groups is 2. The number of aliphatic hydroxyl groups excluding tert-OH is 3. The highest BCUT2D eigenvalue weighted by molar-refractivity contribution is 5.96. The van der Waals surface area contributed by atoms with Gasteiger partial charge in [-0.3, -0.25) is 9.59 Å². The molecule has 1 heterocycles. The molecular formula is C31H40N2O10. The fourth-order valence-electron chi connectivity index (χ4n) is 5.71. The minimum Gasteiger partial charge on any atom is -0.497 e. The van der Waals surface area contributed by atoms with Gasteiger partial charge < -0.3 is 49.2 Å². The van der Waals surface area contributed by atoms with Gasteiger partial charge in [0.1, 0.15) is 23.7 Å². The molecule has 0 saturated heterocycles. The van der Waals surface area contributed by atoms with Crippen LogP contribution in [-0.4, -0.2) is 105 Å². The molecule has 2 aliphatic rings. The number of rotatable bonds is 14. The number of amides is 2. The number of nitrogens with one attached hydrogen (secondary N) is 1. The third-order valence-corrected chi connectivity index (χ3v) is 7.80. The highest BCUT2D eigenvalue weighted by atomic mass is 16.5. The van der Waals surface area contributed by atoms with Crippen LogP contribution in [0.5, 0.6) is 23.0 Å². The predicted molar refractivity (Wildman–Crippen MR) is 156 cm³/mol.